The van der Waals surface area contributed by atoms with Gasteiger partial charge < -0.3 is 10.5 Å². The SMILES string of the molecule is CCOC1CC(N)C1NS(=O)(=O)c1cc(C)c(Br)s1. The zero-order valence-corrected chi connectivity index (χ0v) is 13.9. The number of rotatable bonds is 5. The molecule has 0 spiro atoms. The summed E-state index contributed by atoms with van der Waals surface area (Å²) in [7, 11) is -3.53. The number of nitrogens with two attached hydrogens (primary N) is 1. The average molecular weight is 369 g/mol. The van der Waals surface area contributed by atoms with E-state index in [0.29, 0.717) is 17.2 Å². The molecule has 0 aliphatic heterocycles. The summed E-state index contributed by atoms with van der Waals surface area (Å²) in [6.45, 7) is 4.30. The molecule has 5 nitrogen and oxygen atoms in total. The molecule has 1 fully saturated rings. The maximum Gasteiger partial charge on any atom is 0.250 e. The lowest BCUT2D eigenvalue weighted by Crippen LogP contribution is -2.64. The Hall–Kier alpha value is 0.01000. The first-order valence-electron chi connectivity index (χ1n) is 6.00. The van der Waals surface area contributed by atoms with Crippen molar-refractivity contribution in [3.63, 3.8) is 0 Å². The van der Waals surface area contributed by atoms with E-state index in [1.807, 2.05) is 13.8 Å². The molecule has 0 amide bonds. The van der Waals surface area contributed by atoms with E-state index in [1.54, 1.807) is 6.07 Å². The Bertz CT molecular complexity index is 537. The van der Waals surface area contributed by atoms with Gasteiger partial charge in [-0.05, 0) is 47.8 Å². The average Bonchev–Trinajstić information content (AvgIpc) is 2.68. The molecule has 1 saturated carbocycles. The number of ether oxygens (including phenoxy) is 1. The summed E-state index contributed by atoms with van der Waals surface area (Å²) < 4.78 is 33.8. The molecule has 0 saturated heterocycles. The van der Waals surface area contributed by atoms with Gasteiger partial charge in [-0.2, -0.15) is 0 Å². The van der Waals surface area contributed by atoms with Gasteiger partial charge >= 0.3 is 0 Å². The zero-order valence-electron chi connectivity index (χ0n) is 10.7. The normalized spacial score (nSPS) is 27.3. The summed E-state index contributed by atoms with van der Waals surface area (Å²) in [4.78, 5) is 0. The van der Waals surface area contributed by atoms with Gasteiger partial charge in [0.05, 0.1) is 15.9 Å². The summed E-state index contributed by atoms with van der Waals surface area (Å²) in [5.41, 5.74) is 6.76. The van der Waals surface area contributed by atoms with Crippen molar-refractivity contribution in [2.24, 2.45) is 5.73 Å². The van der Waals surface area contributed by atoms with E-state index in [9.17, 15) is 8.42 Å². The Morgan fingerprint density at radius 2 is 2.32 bits per heavy atom. The third kappa shape index (κ3) is 3.20. The van der Waals surface area contributed by atoms with Gasteiger partial charge in [0, 0.05) is 12.6 Å². The van der Waals surface area contributed by atoms with Crippen LogP contribution in [0.15, 0.2) is 14.1 Å². The topological polar surface area (TPSA) is 81.4 Å². The minimum atomic E-state index is -3.53. The zero-order chi connectivity index (χ0) is 14.2. The van der Waals surface area contributed by atoms with Gasteiger partial charge in [0.2, 0.25) is 10.0 Å². The lowest BCUT2D eigenvalue weighted by Gasteiger charge is -2.41. The molecule has 1 aliphatic rings. The first-order chi connectivity index (χ1) is 8.85. The van der Waals surface area contributed by atoms with Gasteiger partial charge in [-0.1, -0.05) is 0 Å². The predicted molar refractivity (Wildman–Crippen MR) is 78.9 cm³/mol. The number of thiophene rings is 1. The fourth-order valence-corrected chi connectivity index (χ4v) is 5.55. The van der Waals surface area contributed by atoms with Gasteiger partial charge in [-0.25, -0.2) is 13.1 Å². The molecule has 0 aromatic carbocycles. The third-order valence-electron chi connectivity index (χ3n) is 3.14. The van der Waals surface area contributed by atoms with E-state index >= 15 is 0 Å². The van der Waals surface area contributed by atoms with Gasteiger partial charge in [0.25, 0.3) is 0 Å². The van der Waals surface area contributed by atoms with Crippen LogP contribution < -0.4 is 10.5 Å². The lowest BCUT2D eigenvalue weighted by atomic mass is 9.84. The van der Waals surface area contributed by atoms with Crippen LogP contribution in [0.4, 0.5) is 0 Å². The molecule has 3 unspecified atom stereocenters. The number of hydrogen-bond acceptors (Lipinski definition) is 5. The van der Waals surface area contributed by atoms with Crippen LogP contribution in [0.5, 0.6) is 0 Å². The third-order valence-corrected chi connectivity index (χ3v) is 7.21. The van der Waals surface area contributed by atoms with Crippen LogP contribution >= 0.6 is 27.3 Å². The molecule has 2 rings (SSSR count). The highest BCUT2D eigenvalue weighted by atomic mass is 79.9. The second kappa shape index (κ2) is 5.79. The molecular weight excluding hydrogens is 352 g/mol. The van der Waals surface area contributed by atoms with Gasteiger partial charge in [0.15, 0.2) is 0 Å². The number of halogens is 1. The minimum absolute atomic E-state index is 0.126. The van der Waals surface area contributed by atoms with E-state index < -0.39 is 10.0 Å². The van der Waals surface area contributed by atoms with E-state index in [-0.39, 0.29) is 18.2 Å². The summed E-state index contributed by atoms with van der Waals surface area (Å²) in [5, 5.41) is 0. The van der Waals surface area contributed by atoms with Crippen LogP contribution in [0.1, 0.15) is 18.9 Å². The Morgan fingerprint density at radius 3 is 2.79 bits per heavy atom. The predicted octanol–water partition coefficient (Wildman–Crippen LogP) is 1.60. The van der Waals surface area contributed by atoms with Crippen molar-refractivity contribution < 1.29 is 13.2 Å². The number of nitrogens with one attached hydrogen (secondary N) is 1. The first kappa shape index (κ1) is 15.4. The summed E-state index contributed by atoms with van der Waals surface area (Å²) in [6.07, 6.45) is 0.563. The number of aryl methyl sites for hydroxylation is 1. The molecule has 1 aromatic heterocycles. The molecule has 108 valence electrons. The molecule has 1 heterocycles. The van der Waals surface area contributed by atoms with Crippen molar-refractivity contribution in [3.8, 4) is 0 Å². The number of hydrogen-bond donors (Lipinski definition) is 2. The fourth-order valence-electron chi connectivity index (χ4n) is 1.99. The van der Waals surface area contributed by atoms with Crippen molar-refractivity contribution >= 4 is 37.3 Å². The Balaban J connectivity index is 2.13. The summed E-state index contributed by atoms with van der Waals surface area (Å²) >= 11 is 4.53. The van der Waals surface area contributed by atoms with E-state index in [4.69, 9.17) is 10.5 Å². The van der Waals surface area contributed by atoms with Crippen LogP contribution in [0.3, 0.4) is 0 Å². The summed E-state index contributed by atoms with van der Waals surface area (Å²) in [5.74, 6) is 0. The molecule has 1 aromatic rings. The smallest absolute Gasteiger partial charge is 0.250 e. The molecular formula is C11H17BrN2O3S2. The van der Waals surface area contributed by atoms with Crippen molar-refractivity contribution in [2.75, 3.05) is 6.61 Å². The van der Waals surface area contributed by atoms with Crippen molar-refractivity contribution in [1.82, 2.24) is 4.72 Å². The molecule has 0 radical (unpaired) electrons. The summed E-state index contributed by atoms with van der Waals surface area (Å²) in [6, 6.07) is 1.12. The van der Waals surface area contributed by atoms with Crippen LogP contribution in [-0.4, -0.2) is 33.2 Å². The Kier molecular flexibility index (Phi) is 4.69. The van der Waals surface area contributed by atoms with E-state index in [1.165, 1.54) is 11.3 Å². The monoisotopic (exact) mass is 368 g/mol. The largest absolute Gasteiger partial charge is 0.377 e. The molecule has 3 atom stereocenters. The Labute approximate surface area is 125 Å². The van der Waals surface area contributed by atoms with Gasteiger partial charge in [-0.15, -0.1) is 11.3 Å². The maximum absolute atomic E-state index is 12.3. The lowest BCUT2D eigenvalue weighted by molar-refractivity contribution is -0.0248. The van der Waals surface area contributed by atoms with Crippen molar-refractivity contribution in [3.05, 3.63) is 15.4 Å². The standard InChI is InChI=1S/C11H17BrN2O3S2/c1-3-17-8-5-7(13)10(8)14-19(15,16)9-4-6(2)11(12)18-9/h4,7-8,10,14H,3,5,13H2,1-2H3. The Morgan fingerprint density at radius 1 is 1.63 bits per heavy atom. The highest BCUT2D eigenvalue weighted by molar-refractivity contribution is 9.11. The second-order valence-corrected chi connectivity index (χ2v) is 8.87. The maximum atomic E-state index is 12.3. The number of sulfonamides is 1. The molecule has 8 heteroatoms. The fraction of sp³-hybridized carbons (Fsp3) is 0.636. The highest BCUT2D eigenvalue weighted by Gasteiger charge is 2.42. The minimum Gasteiger partial charge on any atom is -0.377 e. The molecule has 0 bridgehead atoms. The van der Waals surface area contributed by atoms with Crippen LogP contribution in [-0.2, 0) is 14.8 Å². The van der Waals surface area contributed by atoms with Crippen molar-refractivity contribution in [2.45, 2.75) is 42.7 Å². The van der Waals surface area contributed by atoms with Crippen LogP contribution in [0.2, 0.25) is 0 Å². The van der Waals surface area contributed by atoms with Crippen molar-refractivity contribution in [1.29, 1.82) is 0 Å². The van der Waals surface area contributed by atoms with Gasteiger partial charge in [-0.3, -0.25) is 0 Å². The van der Waals surface area contributed by atoms with Crippen LogP contribution in [0.25, 0.3) is 0 Å². The van der Waals surface area contributed by atoms with Gasteiger partial charge in [0.1, 0.15) is 4.21 Å². The molecule has 1 aliphatic carbocycles. The molecule has 19 heavy (non-hydrogen) atoms. The highest BCUT2D eigenvalue weighted by Crippen LogP contribution is 2.32. The quantitative estimate of drug-likeness (QED) is 0.826. The second-order valence-electron chi connectivity index (χ2n) is 4.56. The molecule has 3 N–H and O–H groups in total. The van der Waals surface area contributed by atoms with E-state index in [2.05, 4.69) is 20.7 Å². The van der Waals surface area contributed by atoms with Crippen LogP contribution in [0, 0.1) is 6.92 Å². The first-order valence-corrected chi connectivity index (χ1v) is 9.10. The van der Waals surface area contributed by atoms with E-state index in [0.717, 1.165) is 9.35 Å².